The van der Waals surface area contributed by atoms with E-state index in [1.165, 1.54) is 6.92 Å². The Morgan fingerprint density at radius 3 is 2.74 bits per heavy atom. The molecule has 100 valence electrons. The van der Waals surface area contributed by atoms with Crippen molar-refractivity contribution < 1.29 is 14.4 Å². The Morgan fingerprint density at radius 1 is 1.32 bits per heavy atom. The molecule has 19 heavy (non-hydrogen) atoms. The van der Waals surface area contributed by atoms with Gasteiger partial charge in [-0.05, 0) is 37.1 Å². The number of benzene rings is 1. The molecular formula is C14H16N2O3. The molecule has 0 spiro atoms. The van der Waals surface area contributed by atoms with Gasteiger partial charge in [-0.1, -0.05) is 0 Å². The number of nitrogens with one attached hydrogen (secondary N) is 1. The number of carbonyl (C=O) groups is 3. The first kappa shape index (κ1) is 13.3. The predicted octanol–water partition coefficient (Wildman–Crippen LogP) is 1.51. The van der Waals surface area contributed by atoms with Crippen molar-refractivity contribution in [2.24, 2.45) is 0 Å². The van der Waals surface area contributed by atoms with Gasteiger partial charge in [-0.2, -0.15) is 0 Å². The average Bonchev–Trinajstić information content (AvgIpc) is 2.33. The van der Waals surface area contributed by atoms with Crippen LogP contribution in [-0.4, -0.2) is 24.6 Å². The lowest BCUT2D eigenvalue weighted by Gasteiger charge is -2.26. The van der Waals surface area contributed by atoms with Gasteiger partial charge in [-0.3, -0.25) is 14.4 Å². The quantitative estimate of drug-likeness (QED) is 0.838. The molecule has 1 aliphatic rings. The number of aryl methyl sites for hydroxylation is 1. The lowest BCUT2D eigenvalue weighted by molar-refractivity contribution is -0.124. The molecule has 2 rings (SSSR count). The first-order chi connectivity index (χ1) is 8.97. The minimum Gasteiger partial charge on any atom is -0.326 e. The van der Waals surface area contributed by atoms with E-state index in [9.17, 15) is 14.4 Å². The fourth-order valence-corrected chi connectivity index (χ4v) is 2.17. The van der Waals surface area contributed by atoms with Crippen LogP contribution in [-0.2, 0) is 20.8 Å². The highest BCUT2D eigenvalue weighted by Crippen LogP contribution is 2.29. The summed E-state index contributed by atoms with van der Waals surface area (Å²) in [6.07, 6.45) is 1.04. The zero-order chi connectivity index (χ0) is 14.0. The monoisotopic (exact) mass is 260 g/mol. The molecule has 2 amide bonds. The van der Waals surface area contributed by atoms with Crippen molar-refractivity contribution in [3.8, 4) is 0 Å². The van der Waals surface area contributed by atoms with Crippen LogP contribution in [0, 0.1) is 0 Å². The van der Waals surface area contributed by atoms with Crippen LogP contribution in [0.15, 0.2) is 18.2 Å². The van der Waals surface area contributed by atoms with Crippen LogP contribution in [0.1, 0.15) is 25.3 Å². The zero-order valence-electron chi connectivity index (χ0n) is 11.0. The van der Waals surface area contributed by atoms with Crippen LogP contribution in [0.5, 0.6) is 0 Å². The van der Waals surface area contributed by atoms with Crippen molar-refractivity contribution in [2.75, 3.05) is 17.3 Å². The molecule has 0 aliphatic carbocycles. The number of carbonyl (C=O) groups excluding carboxylic acids is 3. The Hall–Kier alpha value is -2.17. The first-order valence-electron chi connectivity index (χ1n) is 6.16. The standard InChI is InChI=1S/C14H16N2O3/c1-9(17)7-13(18)15-11-4-5-12-10(8-11)3-6-14(19)16(12)2/h4-5,8H,3,6-7H2,1-2H3,(H,15,18). The maximum Gasteiger partial charge on any atom is 0.231 e. The Bertz CT molecular complexity index is 552. The van der Waals surface area contributed by atoms with Crippen molar-refractivity contribution >= 4 is 29.0 Å². The van der Waals surface area contributed by atoms with Gasteiger partial charge in [0.2, 0.25) is 11.8 Å². The molecule has 1 N–H and O–H groups in total. The molecule has 5 nitrogen and oxygen atoms in total. The molecule has 0 bridgehead atoms. The number of amides is 2. The molecule has 1 heterocycles. The highest BCUT2D eigenvalue weighted by Gasteiger charge is 2.20. The van der Waals surface area contributed by atoms with Gasteiger partial charge >= 0.3 is 0 Å². The highest BCUT2D eigenvalue weighted by molar-refractivity contribution is 6.04. The van der Waals surface area contributed by atoms with E-state index in [0.29, 0.717) is 18.5 Å². The number of fused-ring (bicyclic) bond motifs is 1. The molecule has 5 heteroatoms. The molecule has 1 aromatic rings. The fourth-order valence-electron chi connectivity index (χ4n) is 2.17. The minimum absolute atomic E-state index is 0.0980. The molecule has 0 aromatic heterocycles. The van der Waals surface area contributed by atoms with Gasteiger partial charge < -0.3 is 10.2 Å². The zero-order valence-corrected chi connectivity index (χ0v) is 11.0. The van der Waals surface area contributed by atoms with E-state index < -0.39 is 0 Å². The number of ketones is 1. The molecule has 0 saturated carbocycles. The van der Waals surface area contributed by atoms with Crippen LogP contribution in [0.2, 0.25) is 0 Å². The third-order valence-corrected chi connectivity index (χ3v) is 3.12. The summed E-state index contributed by atoms with van der Waals surface area (Å²) in [6, 6.07) is 5.41. The van der Waals surface area contributed by atoms with Crippen LogP contribution in [0.4, 0.5) is 11.4 Å². The largest absolute Gasteiger partial charge is 0.326 e. The summed E-state index contributed by atoms with van der Waals surface area (Å²) in [5.74, 6) is -0.380. The maximum absolute atomic E-state index is 11.6. The second kappa shape index (κ2) is 5.22. The van der Waals surface area contributed by atoms with Crippen molar-refractivity contribution in [1.82, 2.24) is 0 Å². The molecule has 0 unspecified atom stereocenters. The van der Waals surface area contributed by atoms with Gasteiger partial charge in [0.1, 0.15) is 5.78 Å². The molecule has 0 radical (unpaired) electrons. The van der Waals surface area contributed by atoms with Gasteiger partial charge in [0, 0.05) is 24.8 Å². The van der Waals surface area contributed by atoms with Crippen LogP contribution in [0.3, 0.4) is 0 Å². The van der Waals surface area contributed by atoms with E-state index in [1.807, 2.05) is 12.1 Å². The van der Waals surface area contributed by atoms with Crippen molar-refractivity contribution in [1.29, 1.82) is 0 Å². The van der Waals surface area contributed by atoms with E-state index in [4.69, 9.17) is 0 Å². The number of rotatable bonds is 3. The van der Waals surface area contributed by atoms with Crippen LogP contribution < -0.4 is 10.2 Å². The van der Waals surface area contributed by atoms with Crippen molar-refractivity contribution in [2.45, 2.75) is 26.2 Å². The molecule has 1 aliphatic heterocycles. The molecule has 0 fully saturated rings. The summed E-state index contributed by atoms with van der Waals surface area (Å²) in [5.41, 5.74) is 2.57. The minimum atomic E-state index is -0.312. The smallest absolute Gasteiger partial charge is 0.231 e. The lowest BCUT2D eigenvalue weighted by Crippen LogP contribution is -2.31. The van der Waals surface area contributed by atoms with E-state index in [-0.39, 0.29) is 24.0 Å². The summed E-state index contributed by atoms with van der Waals surface area (Å²) in [7, 11) is 1.74. The topological polar surface area (TPSA) is 66.5 Å². The fraction of sp³-hybridized carbons (Fsp3) is 0.357. The van der Waals surface area contributed by atoms with E-state index in [1.54, 1.807) is 18.0 Å². The van der Waals surface area contributed by atoms with Gasteiger partial charge in [-0.25, -0.2) is 0 Å². The molecule has 1 aromatic carbocycles. The van der Waals surface area contributed by atoms with E-state index >= 15 is 0 Å². The van der Waals surface area contributed by atoms with Crippen LogP contribution >= 0.6 is 0 Å². The van der Waals surface area contributed by atoms with Crippen molar-refractivity contribution in [3.63, 3.8) is 0 Å². The Balaban J connectivity index is 2.16. The SMILES string of the molecule is CC(=O)CC(=O)Nc1ccc2c(c1)CCC(=O)N2C. The third-order valence-electron chi connectivity index (χ3n) is 3.12. The highest BCUT2D eigenvalue weighted by atomic mass is 16.2. The van der Waals surface area contributed by atoms with Crippen molar-refractivity contribution in [3.05, 3.63) is 23.8 Å². The van der Waals surface area contributed by atoms with Gasteiger partial charge in [0.15, 0.2) is 0 Å². The summed E-state index contributed by atoms with van der Waals surface area (Å²) in [6.45, 7) is 1.38. The molecule has 0 atom stereocenters. The Labute approximate surface area is 111 Å². The van der Waals surface area contributed by atoms with Crippen LogP contribution in [0.25, 0.3) is 0 Å². The summed E-state index contributed by atoms with van der Waals surface area (Å²) in [4.78, 5) is 35.5. The predicted molar refractivity (Wildman–Crippen MR) is 72.1 cm³/mol. The van der Waals surface area contributed by atoms with E-state index in [0.717, 1.165) is 11.3 Å². The van der Waals surface area contributed by atoms with Gasteiger partial charge in [0.25, 0.3) is 0 Å². The number of hydrogen-bond donors (Lipinski definition) is 1. The second-order valence-corrected chi connectivity index (χ2v) is 4.72. The first-order valence-corrected chi connectivity index (χ1v) is 6.16. The Kier molecular flexibility index (Phi) is 3.64. The summed E-state index contributed by atoms with van der Waals surface area (Å²) < 4.78 is 0. The third kappa shape index (κ3) is 2.99. The lowest BCUT2D eigenvalue weighted by atomic mass is 10.0. The molecular weight excluding hydrogens is 244 g/mol. The summed E-state index contributed by atoms with van der Waals surface area (Å²) >= 11 is 0. The second-order valence-electron chi connectivity index (χ2n) is 4.72. The summed E-state index contributed by atoms with van der Waals surface area (Å²) in [5, 5.41) is 2.69. The normalized spacial score (nSPS) is 14.0. The number of Topliss-reactive ketones (excluding diaryl/α,β-unsaturated/α-hetero) is 1. The maximum atomic E-state index is 11.6. The van der Waals surface area contributed by atoms with Gasteiger partial charge in [0.05, 0.1) is 6.42 Å². The molecule has 0 saturated heterocycles. The van der Waals surface area contributed by atoms with E-state index in [2.05, 4.69) is 5.32 Å². The Morgan fingerprint density at radius 2 is 2.05 bits per heavy atom. The number of nitrogens with zero attached hydrogens (tertiary/aromatic N) is 1. The average molecular weight is 260 g/mol. The number of hydrogen-bond acceptors (Lipinski definition) is 3. The number of anilines is 2. The van der Waals surface area contributed by atoms with Gasteiger partial charge in [-0.15, -0.1) is 0 Å².